The lowest BCUT2D eigenvalue weighted by molar-refractivity contribution is -0.142. The van der Waals surface area contributed by atoms with Gasteiger partial charge >= 0.3 is 12.1 Å². The van der Waals surface area contributed by atoms with E-state index >= 15 is 0 Å². The van der Waals surface area contributed by atoms with E-state index in [4.69, 9.17) is 14.2 Å². The molecule has 2 rings (SSSR count). The highest BCUT2D eigenvalue weighted by Gasteiger charge is 2.27. The summed E-state index contributed by atoms with van der Waals surface area (Å²) in [5, 5.41) is 3.19. The summed E-state index contributed by atoms with van der Waals surface area (Å²) in [7, 11) is 0. The summed E-state index contributed by atoms with van der Waals surface area (Å²) in [6.45, 7) is 9.61. The third kappa shape index (κ3) is 7.66. The molecular weight excluding hydrogens is 360 g/mol. The number of likely N-dealkylation sites (tertiary alicyclic amines) is 1. The van der Waals surface area contributed by atoms with Gasteiger partial charge in [-0.15, -0.1) is 0 Å². The minimum atomic E-state index is -0.476. The van der Waals surface area contributed by atoms with Crippen molar-refractivity contribution in [1.29, 1.82) is 0 Å². The third-order valence-electron chi connectivity index (χ3n) is 4.21. The zero-order valence-electron chi connectivity index (χ0n) is 17.3. The molecule has 0 atom stereocenters. The fourth-order valence-electron chi connectivity index (χ4n) is 2.87. The number of carbonyl (C=O) groups is 2. The van der Waals surface area contributed by atoms with Gasteiger partial charge in [0, 0.05) is 38.2 Å². The van der Waals surface area contributed by atoms with E-state index in [9.17, 15) is 9.59 Å². The van der Waals surface area contributed by atoms with Gasteiger partial charge < -0.3 is 24.4 Å². The molecule has 1 aromatic rings. The molecule has 1 aliphatic rings. The van der Waals surface area contributed by atoms with Crippen LogP contribution in [0.5, 0.6) is 5.75 Å². The lowest BCUT2D eigenvalue weighted by atomic mass is 10.1. The van der Waals surface area contributed by atoms with Crippen LogP contribution in [0.25, 0.3) is 0 Å². The second-order valence-corrected chi connectivity index (χ2v) is 7.79. The van der Waals surface area contributed by atoms with Gasteiger partial charge in [0.15, 0.2) is 0 Å². The maximum Gasteiger partial charge on any atom is 0.410 e. The number of amides is 1. The van der Waals surface area contributed by atoms with Gasteiger partial charge in [-0.05, 0) is 52.0 Å². The Balaban J connectivity index is 1.72. The number of nitrogens with zero attached hydrogens (tertiary/aromatic N) is 1. The Kier molecular flexibility index (Phi) is 7.96. The van der Waals surface area contributed by atoms with Gasteiger partial charge in [0.25, 0.3) is 0 Å². The van der Waals surface area contributed by atoms with E-state index < -0.39 is 5.60 Å². The molecule has 28 heavy (non-hydrogen) atoms. The summed E-state index contributed by atoms with van der Waals surface area (Å²) < 4.78 is 16.3. The Labute approximate surface area is 167 Å². The van der Waals surface area contributed by atoms with E-state index in [1.165, 1.54) is 0 Å². The van der Waals surface area contributed by atoms with Crippen molar-refractivity contribution in [3.63, 3.8) is 0 Å². The van der Waals surface area contributed by atoms with Crippen LogP contribution >= 0.6 is 0 Å². The average Bonchev–Trinajstić information content (AvgIpc) is 2.62. The van der Waals surface area contributed by atoms with Crippen molar-refractivity contribution in [1.82, 2.24) is 4.90 Å². The number of piperidine rings is 1. The maximum absolute atomic E-state index is 12.1. The molecule has 1 amide bonds. The minimum Gasteiger partial charge on any atom is -0.490 e. The molecule has 0 saturated carbocycles. The van der Waals surface area contributed by atoms with Gasteiger partial charge in [0.05, 0.1) is 13.0 Å². The highest BCUT2D eigenvalue weighted by molar-refractivity contribution is 5.70. The number of rotatable bonds is 7. The first-order valence-corrected chi connectivity index (χ1v) is 9.91. The molecule has 0 aromatic heterocycles. The van der Waals surface area contributed by atoms with Crippen molar-refractivity contribution in [2.45, 2.75) is 58.7 Å². The largest absolute Gasteiger partial charge is 0.490 e. The number of ether oxygens (including phenoxy) is 3. The predicted molar refractivity (Wildman–Crippen MR) is 108 cm³/mol. The van der Waals surface area contributed by atoms with Crippen molar-refractivity contribution in [2.75, 3.05) is 31.6 Å². The summed E-state index contributed by atoms with van der Waals surface area (Å²) in [6.07, 6.45) is 1.71. The second kappa shape index (κ2) is 10.2. The molecule has 7 heteroatoms. The first-order chi connectivity index (χ1) is 13.3. The number of anilines is 1. The second-order valence-electron chi connectivity index (χ2n) is 7.79. The smallest absolute Gasteiger partial charge is 0.410 e. The molecule has 156 valence electrons. The maximum atomic E-state index is 12.1. The molecule has 1 aromatic carbocycles. The van der Waals surface area contributed by atoms with Crippen LogP contribution < -0.4 is 10.1 Å². The number of esters is 1. The van der Waals surface area contributed by atoms with Crippen molar-refractivity contribution in [2.24, 2.45) is 0 Å². The average molecular weight is 392 g/mol. The van der Waals surface area contributed by atoms with E-state index in [-0.39, 0.29) is 18.2 Å². The first-order valence-electron chi connectivity index (χ1n) is 9.91. The summed E-state index contributed by atoms with van der Waals surface area (Å²) in [5.74, 6) is 0.597. The van der Waals surface area contributed by atoms with Crippen LogP contribution in [0.1, 0.15) is 47.0 Å². The minimum absolute atomic E-state index is 0.0845. The topological polar surface area (TPSA) is 77.1 Å². The molecule has 1 fully saturated rings. The summed E-state index contributed by atoms with van der Waals surface area (Å²) >= 11 is 0. The number of hydrogen-bond donors (Lipinski definition) is 1. The molecule has 1 N–H and O–H groups in total. The van der Waals surface area contributed by atoms with Crippen LogP contribution in [0, 0.1) is 0 Å². The van der Waals surface area contributed by atoms with Crippen LogP contribution in [-0.4, -0.2) is 54.9 Å². The fraction of sp³-hybridized carbons (Fsp3) is 0.619. The van der Waals surface area contributed by atoms with Crippen LogP contribution in [0.3, 0.4) is 0 Å². The molecule has 1 heterocycles. The molecule has 1 saturated heterocycles. The van der Waals surface area contributed by atoms with Crippen molar-refractivity contribution in [3.05, 3.63) is 24.3 Å². The Bertz CT molecular complexity index is 631. The molecule has 0 radical (unpaired) electrons. The molecule has 0 aliphatic carbocycles. The number of benzene rings is 1. The van der Waals surface area contributed by atoms with Crippen LogP contribution in [0.4, 0.5) is 10.5 Å². The summed E-state index contributed by atoms with van der Waals surface area (Å²) in [6, 6.07) is 7.67. The zero-order valence-corrected chi connectivity index (χ0v) is 17.3. The standard InChI is InChI=1S/C21H32N2O5/c1-5-26-19(24)10-13-22-16-6-8-17(9-7-16)27-18-11-14-23(15-12-18)20(25)28-21(2,3)4/h6-9,18,22H,5,10-15H2,1-4H3. The summed E-state index contributed by atoms with van der Waals surface area (Å²) in [4.78, 5) is 25.2. The Morgan fingerprint density at radius 2 is 1.79 bits per heavy atom. The molecule has 0 bridgehead atoms. The van der Waals surface area contributed by atoms with Gasteiger partial charge in [-0.1, -0.05) is 0 Å². The van der Waals surface area contributed by atoms with E-state index in [0.29, 0.717) is 32.7 Å². The van der Waals surface area contributed by atoms with Gasteiger partial charge in [-0.2, -0.15) is 0 Å². The van der Waals surface area contributed by atoms with Crippen LogP contribution in [0.15, 0.2) is 24.3 Å². The monoisotopic (exact) mass is 392 g/mol. The lowest BCUT2D eigenvalue weighted by Crippen LogP contribution is -2.44. The highest BCUT2D eigenvalue weighted by Crippen LogP contribution is 2.22. The summed E-state index contributed by atoms with van der Waals surface area (Å²) in [5.41, 5.74) is 0.452. The number of carbonyl (C=O) groups excluding carboxylic acids is 2. The van der Waals surface area contributed by atoms with Crippen LogP contribution in [0.2, 0.25) is 0 Å². The van der Waals surface area contributed by atoms with E-state index in [0.717, 1.165) is 24.3 Å². The lowest BCUT2D eigenvalue weighted by Gasteiger charge is -2.33. The van der Waals surface area contributed by atoms with Gasteiger partial charge in [0.2, 0.25) is 0 Å². The molecule has 0 spiro atoms. The molecule has 7 nitrogen and oxygen atoms in total. The van der Waals surface area contributed by atoms with E-state index in [1.54, 1.807) is 11.8 Å². The third-order valence-corrected chi connectivity index (χ3v) is 4.21. The Hall–Kier alpha value is -2.44. The predicted octanol–water partition coefficient (Wildman–Crippen LogP) is 3.83. The molecular formula is C21H32N2O5. The number of nitrogens with one attached hydrogen (secondary N) is 1. The highest BCUT2D eigenvalue weighted by atomic mass is 16.6. The molecule has 0 unspecified atom stereocenters. The molecule has 1 aliphatic heterocycles. The van der Waals surface area contributed by atoms with Crippen LogP contribution in [-0.2, 0) is 14.3 Å². The first kappa shape index (κ1) is 21.9. The van der Waals surface area contributed by atoms with Gasteiger partial charge in [-0.25, -0.2) is 4.79 Å². The normalized spacial score (nSPS) is 15.1. The van der Waals surface area contributed by atoms with E-state index in [1.807, 2.05) is 45.0 Å². The fourth-order valence-corrected chi connectivity index (χ4v) is 2.87. The Morgan fingerprint density at radius 1 is 1.14 bits per heavy atom. The van der Waals surface area contributed by atoms with Gasteiger partial charge in [0.1, 0.15) is 17.5 Å². The van der Waals surface area contributed by atoms with Crippen molar-refractivity contribution >= 4 is 17.7 Å². The quantitative estimate of drug-likeness (QED) is 0.711. The zero-order chi connectivity index (χ0) is 20.6. The SMILES string of the molecule is CCOC(=O)CCNc1ccc(OC2CCN(C(=O)OC(C)(C)C)CC2)cc1. The van der Waals surface area contributed by atoms with Crippen molar-refractivity contribution < 1.29 is 23.8 Å². The Morgan fingerprint density at radius 3 is 2.36 bits per heavy atom. The van der Waals surface area contributed by atoms with Gasteiger partial charge in [-0.3, -0.25) is 4.79 Å². The van der Waals surface area contributed by atoms with Crippen molar-refractivity contribution in [3.8, 4) is 5.75 Å². The number of hydrogen-bond acceptors (Lipinski definition) is 6. The van der Waals surface area contributed by atoms with E-state index in [2.05, 4.69) is 5.32 Å².